The lowest BCUT2D eigenvalue weighted by molar-refractivity contribution is 0.305. The second-order valence-corrected chi connectivity index (χ2v) is 31.0. The van der Waals surface area contributed by atoms with Gasteiger partial charge in [0.1, 0.15) is 48.3 Å². The van der Waals surface area contributed by atoms with E-state index in [1.807, 2.05) is 210 Å². The summed E-state index contributed by atoms with van der Waals surface area (Å²) in [7, 11) is 0. The average molecular weight is 1700 g/mol. The molecule has 11 heterocycles. The molecule has 0 spiro atoms. The van der Waals surface area contributed by atoms with E-state index in [1.54, 1.807) is 0 Å². The van der Waals surface area contributed by atoms with Gasteiger partial charge in [-0.15, -0.1) is 0 Å². The van der Waals surface area contributed by atoms with E-state index in [2.05, 4.69) is 132 Å². The maximum absolute atomic E-state index is 13.1. The van der Waals surface area contributed by atoms with Gasteiger partial charge in [-0.1, -0.05) is 109 Å². The van der Waals surface area contributed by atoms with E-state index in [4.69, 9.17) is 24.0 Å². The summed E-state index contributed by atoms with van der Waals surface area (Å²) in [4.78, 5) is 81.1. The first-order chi connectivity index (χ1) is 61.6. The van der Waals surface area contributed by atoms with Crippen LogP contribution in [-0.2, 0) is 6.54 Å². The van der Waals surface area contributed by atoms with Gasteiger partial charge in [0.05, 0.1) is 71.8 Å². The minimum atomic E-state index is -0.258. The van der Waals surface area contributed by atoms with Gasteiger partial charge in [0.15, 0.2) is 23.3 Å². The second kappa shape index (κ2) is 42.9. The maximum atomic E-state index is 13.1. The molecule has 30 heteroatoms. The number of unbranched alkanes of at least 4 members (excludes halogenated alkanes) is 8. The normalized spacial score (nSPS) is 11.7. The molecule has 8 N–H and O–H groups in total. The molecule has 0 radical (unpaired) electrons. The van der Waals surface area contributed by atoms with Crippen molar-refractivity contribution in [3.8, 4) is 158 Å². The topological polar surface area (TPSA) is 388 Å². The summed E-state index contributed by atoms with van der Waals surface area (Å²) < 4.78 is 28.8. The molecular weight excluding hydrogens is 1590 g/mol. The first-order valence-corrected chi connectivity index (χ1v) is 43.3. The van der Waals surface area contributed by atoms with E-state index in [1.165, 1.54) is 63.8 Å². The minimum Gasteiger partial charge on any atom is -0.494 e. The van der Waals surface area contributed by atoms with Crippen LogP contribution in [0.4, 0.5) is 0 Å². The first-order valence-electron chi connectivity index (χ1n) is 43.3. The van der Waals surface area contributed by atoms with Crippen LogP contribution in [0.3, 0.4) is 0 Å². The summed E-state index contributed by atoms with van der Waals surface area (Å²) in [6.07, 6.45) is 27.3. The van der Waals surface area contributed by atoms with Gasteiger partial charge >= 0.3 is 0 Å². The van der Waals surface area contributed by atoms with Crippen molar-refractivity contribution in [2.45, 2.75) is 164 Å². The number of rotatable bonds is 35. The molecule has 0 atom stereocenters. The maximum Gasteiger partial charge on any atom is 0.260 e. The molecule has 16 aromatic rings. The van der Waals surface area contributed by atoms with Gasteiger partial charge in [-0.25, -0.2) is 19.9 Å². The van der Waals surface area contributed by atoms with Crippen LogP contribution < -0.4 is 41.2 Å². The molecule has 0 unspecified atom stereocenters. The number of aromatic nitrogens is 22. The fraction of sp³-hybridized carbons (Fsp3) is 0.302. The number of aryl methyl sites for hydroxylation is 2. The molecule has 1 fully saturated rings. The van der Waals surface area contributed by atoms with Gasteiger partial charge in [-0.2, -0.15) is 35.7 Å². The zero-order valence-corrected chi connectivity index (χ0v) is 72.2. The van der Waals surface area contributed by atoms with E-state index in [0.29, 0.717) is 111 Å². The largest absolute Gasteiger partial charge is 0.494 e. The van der Waals surface area contributed by atoms with Crippen molar-refractivity contribution in [2.24, 2.45) is 0 Å². The van der Waals surface area contributed by atoms with E-state index in [-0.39, 0.29) is 28.3 Å². The summed E-state index contributed by atoms with van der Waals surface area (Å²) in [6.45, 7) is 20.4. The third-order valence-electron chi connectivity index (χ3n) is 21.3. The summed E-state index contributed by atoms with van der Waals surface area (Å²) in [5, 5.41) is 40.8. The highest BCUT2D eigenvalue weighted by atomic mass is 16.5. The Labute approximate surface area is 728 Å². The van der Waals surface area contributed by atoms with Crippen molar-refractivity contribution in [3.63, 3.8) is 0 Å². The summed E-state index contributed by atoms with van der Waals surface area (Å²) in [5.74, 6) is 4.98. The van der Waals surface area contributed by atoms with Crippen molar-refractivity contribution in [1.82, 2.24) is 110 Å². The highest BCUT2D eigenvalue weighted by molar-refractivity contribution is 5.86. The molecule has 30 nitrogen and oxygen atoms in total. The summed E-state index contributed by atoms with van der Waals surface area (Å²) >= 11 is 0. The molecule has 1 aliphatic rings. The molecule has 0 aliphatic heterocycles. The Kier molecular flexibility index (Phi) is 29.8. The molecule has 1 aliphatic carbocycles. The minimum absolute atomic E-state index is 0.212. The number of nitrogens with zero attached hydrogens (tertiary/aromatic N) is 14. The van der Waals surface area contributed by atoms with Gasteiger partial charge in [0, 0.05) is 76.2 Å². The predicted molar refractivity (Wildman–Crippen MR) is 490 cm³/mol. The Morgan fingerprint density at radius 2 is 0.683 bits per heavy atom. The van der Waals surface area contributed by atoms with Crippen molar-refractivity contribution in [2.75, 3.05) is 26.4 Å². The molecule has 5 aromatic carbocycles. The predicted octanol–water partition coefficient (Wildman–Crippen LogP) is 19.1. The Hall–Kier alpha value is -14.7. The lowest BCUT2D eigenvalue weighted by Crippen LogP contribution is -2.13. The van der Waals surface area contributed by atoms with E-state index in [9.17, 15) is 19.2 Å². The number of H-pyrrole nitrogens is 8. The number of benzene rings is 5. The SMILES string of the molecule is CCCCCCOc1ccc(-c2cc(-c3ccc(C)cc3)c(-c3ncn[nH]3)c(=O)[nH]2)cc1.CCCCCCOc1ccc(-c2cc(-c3ccn(CC)n3)c(-c3ncn[nH]3)c(=O)[nH]2)cc1.CCCCOc1ccc(-c2cc(-c3ccn(C(C)C)n3)c(-c3ncn[nH]3)c(=O)[nH]2)cc1.CCCCOc1ccc(-c2cc(-c3ccn(C4CC4)n3)c(-c3ncn[nH]3)c(=O)[nH]2)cc1. The third-order valence-corrected chi connectivity index (χ3v) is 21.3. The molecular formula is C96H106N22O8. The summed E-state index contributed by atoms with van der Waals surface area (Å²) in [5.41, 5.74) is 14.4. The van der Waals surface area contributed by atoms with Crippen molar-refractivity contribution >= 4 is 0 Å². The quantitative estimate of drug-likeness (QED) is 0.0171. The fourth-order valence-corrected chi connectivity index (χ4v) is 14.2. The smallest absolute Gasteiger partial charge is 0.260 e. The van der Waals surface area contributed by atoms with Crippen LogP contribution in [-0.4, -0.2) is 136 Å². The van der Waals surface area contributed by atoms with Crippen molar-refractivity contribution < 1.29 is 18.9 Å². The number of pyridine rings is 4. The van der Waals surface area contributed by atoms with Gasteiger partial charge in [0.2, 0.25) is 0 Å². The Morgan fingerprint density at radius 3 is 1.01 bits per heavy atom. The zero-order valence-electron chi connectivity index (χ0n) is 72.2. The van der Waals surface area contributed by atoms with Crippen molar-refractivity contribution in [1.29, 1.82) is 0 Å². The molecule has 0 saturated heterocycles. The molecule has 1 saturated carbocycles. The standard InChI is InChI=1S/C26H28N4O2.C24H28N6O2.C23H24N6O2.C23H26N6O2/c1-3-4-5-6-15-32-21-13-11-20(12-14-21)23-16-22(19-9-7-18(2)8-10-19)24(26(31)29-23)25-27-17-28-30-25;1-3-5-6-7-14-32-18-10-8-17(9-11-18)21-15-19(20-12-13-30(4-2)29-20)22(24(31)27-21)23-25-16-26-28-23;1-2-3-12-31-17-8-4-15(5-9-17)20-13-18(19-10-11-29(28-19)16-6-7-16)21(23(30)26-20)22-24-14-25-27-22;1-4-5-12-31-17-8-6-16(7-9-17)20-13-18(19-10-11-29(28-19)15(2)3)21(23(30)26-20)22-24-14-25-27-22/h7-14,16-17H,3-6,15H2,1-2H3,(H,29,31)(H,27,28,30);8-13,15-16H,3-7,14H2,1-2H3,(H,27,31)(H,25,26,28);4-5,8-11,13-14,16H,2-3,6-7,12H2,1H3,(H,26,30)(H,24,25,27);6-11,13-15H,4-5,12H2,1-3H3,(H,26,30)(H,24,25,27). The number of nitrogens with one attached hydrogen (secondary N) is 8. The molecule has 648 valence electrons. The number of aromatic amines is 8. The highest BCUT2D eigenvalue weighted by Gasteiger charge is 2.27. The van der Waals surface area contributed by atoms with Gasteiger partial charge in [-0.05, 0) is 234 Å². The van der Waals surface area contributed by atoms with Gasteiger partial charge < -0.3 is 38.9 Å². The number of ether oxygens (including phenoxy) is 4. The zero-order chi connectivity index (χ0) is 87.7. The van der Waals surface area contributed by atoms with Crippen LogP contribution in [0, 0.1) is 6.92 Å². The number of hydrogen-bond acceptors (Lipinski definition) is 19. The monoisotopic (exact) mass is 1690 g/mol. The van der Waals surface area contributed by atoms with Crippen LogP contribution in [0.5, 0.6) is 23.0 Å². The fourth-order valence-electron chi connectivity index (χ4n) is 14.2. The highest BCUT2D eigenvalue weighted by Crippen LogP contribution is 2.39. The first kappa shape index (κ1) is 87.6. The van der Waals surface area contributed by atoms with Gasteiger partial charge in [-0.3, -0.25) is 53.6 Å². The Balaban J connectivity index is 0.000000136. The van der Waals surface area contributed by atoms with Gasteiger partial charge in [0.25, 0.3) is 22.2 Å². The lowest BCUT2D eigenvalue weighted by atomic mass is 9.97. The molecule has 11 aromatic heterocycles. The molecule has 126 heavy (non-hydrogen) atoms. The second-order valence-electron chi connectivity index (χ2n) is 31.0. The number of hydrogen-bond donors (Lipinski definition) is 8. The van der Waals surface area contributed by atoms with E-state index < -0.39 is 0 Å². The van der Waals surface area contributed by atoms with E-state index in [0.717, 1.165) is 143 Å². The van der Waals surface area contributed by atoms with Crippen LogP contribution in [0.15, 0.2) is 227 Å². The molecule has 17 rings (SSSR count). The third kappa shape index (κ3) is 22.4. The van der Waals surface area contributed by atoms with E-state index >= 15 is 0 Å². The lowest BCUT2D eigenvalue weighted by Gasteiger charge is -2.12. The summed E-state index contributed by atoms with van der Waals surface area (Å²) in [6, 6.07) is 53.4. The Bertz CT molecular complexity index is 6160. The molecule has 0 amide bonds. The van der Waals surface area contributed by atoms with Crippen molar-refractivity contribution in [3.05, 3.63) is 255 Å². The average Bonchev–Trinajstić information content (AvgIpc) is 1.59. The Morgan fingerprint density at radius 1 is 0.357 bits per heavy atom. The van der Waals surface area contributed by atoms with Crippen LogP contribution in [0.2, 0.25) is 0 Å². The van der Waals surface area contributed by atoms with Crippen LogP contribution in [0.1, 0.15) is 156 Å². The van der Waals surface area contributed by atoms with Crippen LogP contribution in [0.25, 0.3) is 135 Å². The van der Waals surface area contributed by atoms with Crippen LogP contribution >= 0.6 is 0 Å². The molecule has 0 bridgehead atoms.